The van der Waals surface area contributed by atoms with Crippen molar-refractivity contribution < 1.29 is 14.3 Å². The van der Waals surface area contributed by atoms with Crippen molar-refractivity contribution in [2.75, 3.05) is 18.6 Å². The number of esters is 1. The second kappa shape index (κ2) is 7.99. The number of fused-ring (bicyclic) bond motifs is 1. The molecule has 5 heteroatoms. The standard InChI is InChI=1S/C22H22N2O3/c1-4-18-15(2)21(17-12-8-9-13-19(17)23-18)22(26)27-14-20(25)24(3)16-10-6-5-7-11-16/h5-13H,4,14H2,1-3H3. The summed E-state index contributed by atoms with van der Waals surface area (Å²) in [7, 11) is 1.66. The van der Waals surface area contributed by atoms with Crippen LogP contribution in [0.1, 0.15) is 28.5 Å². The van der Waals surface area contributed by atoms with Gasteiger partial charge in [-0.2, -0.15) is 0 Å². The van der Waals surface area contributed by atoms with Crippen LogP contribution < -0.4 is 4.90 Å². The Morgan fingerprint density at radius 2 is 1.70 bits per heavy atom. The average molecular weight is 362 g/mol. The molecule has 0 fully saturated rings. The second-order valence-electron chi connectivity index (χ2n) is 6.29. The second-order valence-corrected chi connectivity index (χ2v) is 6.29. The predicted molar refractivity (Wildman–Crippen MR) is 106 cm³/mol. The van der Waals surface area contributed by atoms with Gasteiger partial charge in [0.2, 0.25) is 0 Å². The number of rotatable bonds is 5. The number of benzene rings is 2. The summed E-state index contributed by atoms with van der Waals surface area (Å²) >= 11 is 0. The zero-order valence-corrected chi connectivity index (χ0v) is 15.7. The molecule has 0 saturated heterocycles. The number of nitrogens with zero attached hydrogens (tertiary/aromatic N) is 2. The van der Waals surface area contributed by atoms with Crippen molar-refractivity contribution in [3.8, 4) is 0 Å². The number of likely N-dealkylation sites (N-methyl/N-ethyl adjacent to an activating group) is 1. The van der Waals surface area contributed by atoms with Gasteiger partial charge in [-0.3, -0.25) is 9.78 Å². The lowest BCUT2D eigenvalue weighted by molar-refractivity contribution is -0.121. The number of hydrogen-bond donors (Lipinski definition) is 0. The maximum atomic E-state index is 12.8. The van der Waals surface area contributed by atoms with Crippen molar-refractivity contribution in [1.82, 2.24) is 4.98 Å². The molecule has 3 rings (SSSR count). The topological polar surface area (TPSA) is 59.5 Å². The highest BCUT2D eigenvalue weighted by Crippen LogP contribution is 2.24. The van der Waals surface area contributed by atoms with Crippen LogP contribution in [0.25, 0.3) is 10.9 Å². The minimum absolute atomic E-state index is 0.290. The summed E-state index contributed by atoms with van der Waals surface area (Å²) in [5, 5.41) is 0.737. The molecule has 0 spiro atoms. The van der Waals surface area contributed by atoms with Crippen molar-refractivity contribution in [2.45, 2.75) is 20.3 Å². The molecular formula is C22H22N2O3. The van der Waals surface area contributed by atoms with Gasteiger partial charge in [0.25, 0.3) is 5.91 Å². The van der Waals surface area contributed by atoms with E-state index in [0.29, 0.717) is 12.0 Å². The molecule has 138 valence electrons. The Balaban J connectivity index is 1.82. The molecule has 27 heavy (non-hydrogen) atoms. The van der Waals surface area contributed by atoms with Gasteiger partial charge in [0.15, 0.2) is 6.61 Å². The van der Waals surface area contributed by atoms with Gasteiger partial charge in [-0.1, -0.05) is 43.3 Å². The first-order valence-corrected chi connectivity index (χ1v) is 8.89. The zero-order chi connectivity index (χ0) is 19.4. The van der Waals surface area contributed by atoms with Crippen molar-refractivity contribution in [2.24, 2.45) is 0 Å². The third-order valence-corrected chi connectivity index (χ3v) is 4.62. The van der Waals surface area contributed by atoms with Gasteiger partial charge in [0.1, 0.15) is 0 Å². The van der Waals surface area contributed by atoms with Crippen LogP contribution >= 0.6 is 0 Å². The van der Waals surface area contributed by atoms with Crippen LogP contribution in [0.5, 0.6) is 0 Å². The van der Waals surface area contributed by atoms with Gasteiger partial charge in [0, 0.05) is 23.8 Å². The number of carbonyl (C=O) groups excluding carboxylic acids is 2. The lowest BCUT2D eigenvalue weighted by Gasteiger charge is -2.18. The summed E-state index contributed by atoms with van der Waals surface area (Å²) in [6.07, 6.45) is 0.715. The van der Waals surface area contributed by atoms with Gasteiger partial charge in [-0.05, 0) is 37.1 Å². The molecule has 1 aromatic heterocycles. The minimum Gasteiger partial charge on any atom is -0.452 e. The number of aromatic nitrogens is 1. The lowest BCUT2D eigenvalue weighted by atomic mass is 10.0. The summed E-state index contributed by atoms with van der Waals surface area (Å²) in [6.45, 7) is 3.55. The molecule has 0 aliphatic carbocycles. The molecule has 0 bridgehead atoms. The summed E-state index contributed by atoms with van der Waals surface area (Å²) in [5.41, 5.74) is 3.63. The van der Waals surface area contributed by atoms with E-state index in [9.17, 15) is 9.59 Å². The fourth-order valence-corrected chi connectivity index (χ4v) is 3.06. The number of para-hydroxylation sites is 2. The Bertz CT molecular complexity index is 984. The first kappa shape index (κ1) is 18.6. The molecule has 0 aliphatic heterocycles. The summed E-state index contributed by atoms with van der Waals surface area (Å²) < 4.78 is 5.36. The van der Waals surface area contributed by atoms with Crippen LogP contribution in [0, 0.1) is 6.92 Å². The molecule has 1 heterocycles. The molecule has 1 amide bonds. The van der Waals surface area contributed by atoms with Gasteiger partial charge >= 0.3 is 5.97 Å². The van der Waals surface area contributed by atoms with Crippen molar-refractivity contribution in [1.29, 1.82) is 0 Å². The number of carbonyl (C=O) groups is 2. The van der Waals surface area contributed by atoms with E-state index >= 15 is 0 Å². The van der Waals surface area contributed by atoms with Crippen LogP contribution in [0.3, 0.4) is 0 Å². The summed E-state index contributed by atoms with van der Waals surface area (Å²) in [4.78, 5) is 31.3. The fourth-order valence-electron chi connectivity index (χ4n) is 3.06. The average Bonchev–Trinajstić information content (AvgIpc) is 2.71. The van der Waals surface area contributed by atoms with Crippen LogP contribution in [-0.4, -0.2) is 30.5 Å². The van der Waals surface area contributed by atoms with Crippen LogP contribution in [0.2, 0.25) is 0 Å². The Labute approximate surface area is 158 Å². The van der Waals surface area contributed by atoms with Crippen molar-refractivity contribution in [3.63, 3.8) is 0 Å². The van der Waals surface area contributed by atoms with E-state index in [2.05, 4.69) is 4.98 Å². The first-order chi connectivity index (χ1) is 13.0. The third-order valence-electron chi connectivity index (χ3n) is 4.62. The van der Waals surface area contributed by atoms with Crippen LogP contribution in [0.4, 0.5) is 5.69 Å². The van der Waals surface area contributed by atoms with Crippen molar-refractivity contribution in [3.05, 3.63) is 71.4 Å². The number of pyridine rings is 1. The quantitative estimate of drug-likeness (QED) is 0.646. The van der Waals surface area contributed by atoms with Gasteiger partial charge in [-0.15, -0.1) is 0 Å². The molecule has 0 saturated carbocycles. The van der Waals surface area contributed by atoms with E-state index in [0.717, 1.165) is 27.8 Å². The highest BCUT2D eigenvalue weighted by atomic mass is 16.5. The molecule has 5 nitrogen and oxygen atoms in total. The molecule has 0 unspecified atom stereocenters. The van der Waals surface area contributed by atoms with Crippen LogP contribution in [0.15, 0.2) is 54.6 Å². The zero-order valence-electron chi connectivity index (χ0n) is 15.7. The number of aryl methyl sites for hydroxylation is 1. The van der Waals surface area contributed by atoms with E-state index < -0.39 is 5.97 Å². The molecule has 0 aliphatic rings. The van der Waals surface area contributed by atoms with Crippen LogP contribution in [-0.2, 0) is 16.0 Å². The number of amides is 1. The Morgan fingerprint density at radius 3 is 2.41 bits per heavy atom. The molecule has 0 N–H and O–H groups in total. The summed E-state index contributed by atoms with van der Waals surface area (Å²) in [5.74, 6) is -0.795. The molecular weight excluding hydrogens is 340 g/mol. The number of hydrogen-bond acceptors (Lipinski definition) is 4. The van der Waals surface area contributed by atoms with Gasteiger partial charge in [0.05, 0.1) is 11.1 Å². The normalized spacial score (nSPS) is 10.6. The molecule has 0 atom stereocenters. The van der Waals surface area contributed by atoms with Gasteiger partial charge < -0.3 is 9.64 Å². The highest BCUT2D eigenvalue weighted by molar-refractivity contribution is 6.06. The monoisotopic (exact) mass is 362 g/mol. The van der Waals surface area contributed by atoms with E-state index in [1.165, 1.54) is 4.90 Å². The van der Waals surface area contributed by atoms with Gasteiger partial charge in [-0.25, -0.2) is 4.79 Å². The van der Waals surface area contributed by atoms with E-state index in [1.807, 2.05) is 68.4 Å². The fraction of sp³-hybridized carbons (Fsp3) is 0.227. The largest absolute Gasteiger partial charge is 0.452 e. The predicted octanol–water partition coefficient (Wildman–Crippen LogP) is 3.93. The number of anilines is 1. The van der Waals surface area contributed by atoms with E-state index in [-0.39, 0.29) is 12.5 Å². The summed E-state index contributed by atoms with van der Waals surface area (Å²) in [6, 6.07) is 16.7. The maximum Gasteiger partial charge on any atom is 0.339 e. The maximum absolute atomic E-state index is 12.8. The third kappa shape index (κ3) is 3.82. The van der Waals surface area contributed by atoms with E-state index in [1.54, 1.807) is 7.05 Å². The Hall–Kier alpha value is -3.21. The molecule has 0 radical (unpaired) electrons. The molecule has 3 aromatic rings. The number of ether oxygens (including phenoxy) is 1. The SMILES string of the molecule is CCc1nc2ccccc2c(C(=O)OCC(=O)N(C)c2ccccc2)c1C. The Morgan fingerprint density at radius 1 is 1.04 bits per heavy atom. The molecule has 2 aromatic carbocycles. The Kier molecular flexibility index (Phi) is 5.50. The minimum atomic E-state index is -0.504. The highest BCUT2D eigenvalue weighted by Gasteiger charge is 2.20. The van der Waals surface area contributed by atoms with Crippen molar-refractivity contribution >= 4 is 28.5 Å². The smallest absolute Gasteiger partial charge is 0.339 e. The first-order valence-electron chi connectivity index (χ1n) is 8.89. The van der Waals surface area contributed by atoms with E-state index in [4.69, 9.17) is 4.74 Å². The lowest BCUT2D eigenvalue weighted by Crippen LogP contribution is -2.31.